The first-order valence-electron chi connectivity index (χ1n) is 16.1. The molecular weight excluding hydrogens is 689 g/mol. The van der Waals surface area contributed by atoms with Crippen molar-refractivity contribution in [3.05, 3.63) is 66.2 Å². The van der Waals surface area contributed by atoms with E-state index in [4.69, 9.17) is 20.4 Å². The molecule has 0 aromatic heterocycles. The average molecular weight is 728 g/mol. The number of ether oxygens (including phenoxy) is 1. The lowest BCUT2D eigenvalue weighted by Gasteiger charge is -2.42. The summed E-state index contributed by atoms with van der Waals surface area (Å²) in [6.45, 7) is 0. The SMILES string of the molecule is CN(C(C(=O)N1C2CCC1CC(N)C2)C(F)(F)c1ccc(O)cc1)S(=O)(=O)c1ccc2cc(OC3CCCC3)ccc2c1.O=C(O)C(F)(F)F. The first-order valence-corrected chi connectivity index (χ1v) is 17.6. The van der Waals surface area contributed by atoms with E-state index in [1.54, 1.807) is 18.2 Å². The van der Waals surface area contributed by atoms with Crippen molar-refractivity contribution >= 4 is 32.7 Å². The molecule has 1 aliphatic carbocycles. The summed E-state index contributed by atoms with van der Waals surface area (Å²) in [6.07, 6.45) is 1.58. The lowest BCUT2D eigenvalue weighted by Crippen LogP contribution is -2.61. The molecule has 2 aliphatic heterocycles. The number of benzene rings is 3. The number of hydrogen-bond donors (Lipinski definition) is 3. The predicted molar refractivity (Wildman–Crippen MR) is 172 cm³/mol. The molecular formula is C34H38F5N3O7S. The van der Waals surface area contributed by atoms with Crippen molar-refractivity contribution in [1.82, 2.24) is 9.21 Å². The highest BCUT2D eigenvalue weighted by atomic mass is 32.2. The Morgan fingerprint density at radius 1 is 0.900 bits per heavy atom. The number of phenols is 1. The first kappa shape index (κ1) is 37.2. The molecule has 3 atom stereocenters. The molecule has 0 radical (unpaired) electrons. The fourth-order valence-corrected chi connectivity index (χ4v) is 8.39. The molecule has 1 amide bonds. The number of fused-ring (bicyclic) bond motifs is 3. The number of halogens is 5. The van der Waals surface area contributed by atoms with E-state index < -0.39 is 45.6 Å². The quantitative estimate of drug-likeness (QED) is 0.248. The van der Waals surface area contributed by atoms with Crippen LogP contribution in [0.1, 0.15) is 56.9 Å². The molecule has 3 aliphatic rings. The summed E-state index contributed by atoms with van der Waals surface area (Å²) in [5.74, 6) is -7.14. The summed E-state index contributed by atoms with van der Waals surface area (Å²) in [6, 6.07) is 10.9. The number of likely N-dealkylation sites (N-methyl/N-ethyl adjacent to an activating group) is 1. The van der Waals surface area contributed by atoms with Gasteiger partial charge in [-0.15, -0.1) is 0 Å². The molecule has 3 fully saturated rings. The Balaban J connectivity index is 0.000000630. The molecule has 272 valence electrons. The number of rotatable bonds is 8. The van der Waals surface area contributed by atoms with Gasteiger partial charge in [0.1, 0.15) is 11.5 Å². The minimum Gasteiger partial charge on any atom is -0.508 e. The number of carbonyl (C=O) groups excluding carboxylic acids is 1. The lowest BCUT2D eigenvalue weighted by atomic mass is 9.94. The number of nitrogens with zero attached hydrogens (tertiary/aromatic N) is 2. The summed E-state index contributed by atoms with van der Waals surface area (Å²) in [7, 11) is -3.53. The van der Waals surface area contributed by atoms with Crippen molar-refractivity contribution in [1.29, 1.82) is 0 Å². The van der Waals surface area contributed by atoms with Crippen LogP contribution in [0.3, 0.4) is 0 Å². The number of carboxylic acids is 1. The summed E-state index contributed by atoms with van der Waals surface area (Å²) in [5, 5.41) is 18.2. The van der Waals surface area contributed by atoms with Gasteiger partial charge in [-0.05, 0) is 111 Å². The van der Waals surface area contributed by atoms with E-state index in [1.807, 2.05) is 6.07 Å². The topological polar surface area (TPSA) is 150 Å². The molecule has 3 aromatic rings. The number of sulfonamides is 1. The number of carboxylic acid groups (broad SMARTS) is 1. The van der Waals surface area contributed by atoms with Gasteiger partial charge in [0.2, 0.25) is 15.9 Å². The number of hydrogen-bond acceptors (Lipinski definition) is 7. The van der Waals surface area contributed by atoms with Crippen molar-refractivity contribution in [2.45, 2.75) is 98.6 Å². The Hall–Kier alpha value is -4.02. The number of carbonyl (C=O) groups is 2. The van der Waals surface area contributed by atoms with Gasteiger partial charge in [0.05, 0.1) is 11.0 Å². The maximum Gasteiger partial charge on any atom is 0.490 e. The average Bonchev–Trinajstić information content (AvgIpc) is 3.66. The third-order valence-electron chi connectivity index (χ3n) is 9.52. The third-order valence-corrected chi connectivity index (χ3v) is 11.3. The van der Waals surface area contributed by atoms with Crippen LogP contribution in [0.2, 0.25) is 0 Å². The molecule has 3 unspecified atom stereocenters. The molecule has 2 bridgehead atoms. The van der Waals surface area contributed by atoms with E-state index in [1.165, 1.54) is 17.0 Å². The van der Waals surface area contributed by atoms with Crippen LogP contribution in [-0.4, -0.2) is 83.2 Å². The van der Waals surface area contributed by atoms with Crippen LogP contribution < -0.4 is 10.5 Å². The third kappa shape index (κ3) is 7.81. The Morgan fingerprint density at radius 2 is 1.44 bits per heavy atom. The summed E-state index contributed by atoms with van der Waals surface area (Å²) >= 11 is 0. The minimum atomic E-state index is -5.08. The van der Waals surface area contributed by atoms with Gasteiger partial charge in [0, 0.05) is 30.7 Å². The van der Waals surface area contributed by atoms with Gasteiger partial charge in [-0.2, -0.15) is 26.3 Å². The zero-order valence-corrected chi connectivity index (χ0v) is 27.8. The lowest BCUT2D eigenvalue weighted by molar-refractivity contribution is -0.192. The Kier molecular flexibility index (Phi) is 10.7. The fraction of sp³-hybridized carbons (Fsp3) is 0.471. The molecule has 16 heteroatoms. The van der Waals surface area contributed by atoms with Gasteiger partial charge in [-0.25, -0.2) is 13.2 Å². The molecule has 10 nitrogen and oxygen atoms in total. The molecule has 2 saturated heterocycles. The summed E-state index contributed by atoms with van der Waals surface area (Å²) in [5.41, 5.74) is 5.59. The Labute approximate surface area is 285 Å². The number of aliphatic carboxylic acids is 1. The van der Waals surface area contributed by atoms with Crippen LogP contribution >= 0.6 is 0 Å². The zero-order chi connectivity index (χ0) is 36.6. The molecule has 0 spiro atoms. The van der Waals surface area contributed by atoms with Crippen LogP contribution in [-0.2, 0) is 25.5 Å². The van der Waals surface area contributed by atoms with Gasteiger partial charge in [0.15, 0.2) is 6.04 Å². The Morgan fingerprint density at radius 3 is 2.00 bits per heavy atom. The van der Waals surface area contributed by atoms with Crippen LogP contribution in [0.4, 0.5) is 22.0 Å². The van der Waals surface area contributed by atoms with Crippen molar-refractivity contribution < 1.29 is 54.9 Å². The van der Waals surface area contributed by atoms with E-state index in [0.29, 0.717) is 41.1 Å². The molecule has 50 heavy (non-hydrogen) atoms. The second kappa shape index (κ2) is 14.3. The fourth-order valence-electron chi connectivity index (χ4n) is 7.04. The monoisotopic (exact) mass is 727 g/mol. The zero-order valence-electron chi connectivity index (χ0n) is 27.0. The largest absolute Gasteiger partial charge is 0.508 e. The molecule has 1 saturated carbocycles. The van der Waals surface area contributed by atoms with E-state index in [0.717, 1.165) is 62.4 Å². The molecule has 2 heterocycles. The normalized spacial score (nSPS) is 21.9. The van der Waals surface area contributed by atoms with Crippen LogP contribution in [0, 0.1) is 0 Å². The number of phenolic OH excluding ortho intramolecular Hbond substituents is 1. The molecule has 4 N–H and O–H groups in total. The van der Waals surface area contributed by atoms with Crippen molar-refractivity contribution in [3.8, 4) is 11.5 Å². The second-order valence-corrected chi connectivity index (χ2v) is 15.0. The van der Waals surface area contributed by atoms with E-state index in [9.17, 15) is 31.5 Å². The standard InChI is InChI=1S/C32H37F2N3O5S.C2HF3O2/c1-36(43(40,41)29-15-7-20-16-28(14-6-21(20)17-29)42-27-4-2-3-5-27)30(32(33,34)22-8-12-26(38)13-9-22)31(39)37-24-10-11-25(37)19-23(35)18-24;3-2(4,5)1(6)7/h6-9,12-17,23-25,27,30,38H,2-5,10-11,18-19,35H2,1H3;(H,6,7). The van der Waals surface area contributed by atoms with Crippen LogP contribution in [0.25, 0.3) is 10.8 Å². The number of amides is 1. The summed E-state index contributed by atoms with van der Waals surface area (Å²) in [4.78, 5) is 24.2. The second-order valence-electron chi connectivity index (χ2n) is 13.0. The van der Waals surface area contributed by atoms with Gasteiger partial charge < -0.3 is 25.6 Å². The van der Waals surface area contributed by atoms with Crippen LogP contribution in [0.15, 0.2) is 65.6 Å². The smallest absolute Gasteiger partial charge is 0.490 e. The van der Waals surface area contributed by atoms with Gasteiger partial charge in [0.25, 0.3) is 5.92 Å². The molecule has 6 rings (SSSR count). The highest BCUT2D eigenvalue weighted by Crippen LogP contribution is 2.42. The van der Waals surface area contributed by atoms with E-state index in [2.05, 4.69) is 0 Å². The van der Waals surface area contributed by atoms with E-state index >= 15 is 8.78 Å². The van der Waals surface area contributed by atoms with Gasteiger partial charge in [-0.1, -0.05) is 12.1 Å². The number of aromatic hydroxyl groups is 1. The van der Waals surface area contributed by atoms with Gasteiger partial charge >= 0.3 is 12.1 Å². The first-order chi connectivity index (χ1) is 23.4. The van der Waals surface area contributed by atoms with Crippen molar-refractivity contribution in [2.24, 2.45) is 5.73 Å². The number of alkyl halides is 5. The van der Waals surface area contributed by atoms with Gasteiger partial charge in [-0.3, -0.25) is 4.79 Å². The molecule has 3 aromatic carbocycles. The highest BCUT2D eigenvalue weighted by Gasteiger charge is 2.56. The van der Waals surface area contributed by atoms with Crippen molar-refractivity contribution in [3.63, 3.8) is 0 Å². The number of nitrogens with two attached hydrogens (primary N) is 1. The predicted octanol–water partition coefficient (Wildman–Crippen LogP) is 5.76. The van der Waals surface area contributed by atoms with E-state index in [-0.39, 0.29) is 34.9 Å². The summed E-state index contributed by atoms with van der Waals surface area (Å²) < 4.78 is 99.1. The maximum atomic E-state index is 16.4. The maximum absolute atomic E-state index is 16.4. The van der Waals surface area contributed by atoms with Crippen LogP contribution in [0.5, 0.6) is 11.5 Å². The Bertz CT molecular complexity index is 1800. The number of piperidine rings is 1. The highest BCUT2D eigenvalue weighted by molar-refractivity contribution is 7.89. The van der Waals surface area contributed by atoms with Crippen molar-refractivity contribution in [2.75, 3.05) is 7.05 Å². The minimum absolute atomic E-state index is 0.138.